The second-order valence-corrected chi connectivity index (χ2v) is 6.32. The van der Waals surface area contributed by atoms with Crippen LogP contribution in [0.4, 0.5) is 0 Å². The number of unbranched alkanes of at least 4 members (excludes halogenated alkanes) is 6. The van der Waals surface area contributed by atoms with Crippen LogP contribution in [0, 0.1) is 5.92 Å². The predicted molar refractivity (Wildman–Crippen MR) is 78.9 cm³/mol. The number of fused-ring (bicyclic) bond motifs is 3. The predicted octanol–water partition coefficient (Wildman–Crippen LogP) is 3.42. The summed E-state index contributed by atoms with van der Waals surface area (Å²) in [5.41, 5.74) is 0. The van der Waals surface area contributed by atoms with E-state index in [2.05, 4.69) is 17.1 Å². The van der Waals surface area contributed by atoms with Gasteiger partial charge in [-0.2, -0.15) is 0 Å². The van der Waals surface area contributed by atoms with E-state index in [1.807, 2.05) is 0 Å². The number of rotatable bonds is 9. The van der Waals surface area contributed by atoms with Crippen LogP contribution < -0.4 is 5.32 Å². The number of nitrogens with one attached hydrogen (secondary N) is 1. The van der Waals surface area contributed by atoms with Crippen molar-refractivity contribution >= 4 is 0 Å². The molecule has 3 rings (SSSR count). The van der Waals surface area contributed by atoms with E-state index in [4.69, 9.17) is 0 Å². The third-order valence-corrected chi connectivity index (χ3v) is 4.84. The summed E-state index contributed by atoms with van der Waals surface area (Å²) < 4.78 is 0. The minimum absolute atomic E-state index is 0.813. The van der Waals surface area contributed by atoms with Crippen LogP contribution in [0.2, 0.25) is 0 Å². The third-order valence-electron chi connectivity index (χ3n) is 4.84. The van der Waals surface area contributed by atoms with E-state index in [1.54, 1.807) is 0 Å². The van der Waals surface area contributed by atoms with Gasteiger partial charge in [0, 0.05) is 12.6 Å². The fourth-order valence-corrected chi connectivity index (χ4v) is 3.57. The van der Waals surface area contributed by atoms with Crippen molar-refractivity contribution in [3.8, 4) is 0 Å². The lowest BCUT2D eigenvalue weighted by Gasteiger charge is -2.45. The smallest absolute Gasteiger partial charge is 0.0224 e. The Morgan fingerprint density at radius 2 is 1.61 bits per heavy atom. The van der Waals surface area contributed by atoms with Crippen LogP contribution >= 0.6 is 0 Å². The van der Waals surface area contributed by atoms with Crippen LogP contribution in [-0.2, 0) is 0 Å². The zero-order valence-corrected chi connectivity index (χ0v) is 12.3. The quantitative estimate of drug-likeness (QED) is 0.633. The van der Waals surface area contributed by atoms with Crippen molar-refractivity contribution in [1.82, 2.24) is 10.2 Å². The maximum atomic E-state index is 3.81. The van der Waals surface area contributed by atoms with Crippen LogP contribution in [0.1, 0.15) is 64.7 Å². The van der Waals surface area contributed by atoms with Gasteiger partial charge in [-0.1, -0.05) is 45.4 Å². The fourth-order valence-electron chi connectivity index (χ4n) is 3.57. The van der Waals surface area contributed by atoms with Gasteiger partial charge in [0.15, 0.2) is 0 Å². The molecule has 2 bridgehead atoms. The lowest BCUT2D eigenvalue weighted by molar-refractivity contribution is 0.0727. The Kier molecular flexibility index (Phi) is 6.50. The molecule has 3 aliphatic heterocycles. The molecule has 3 aliphatic rings. The molecule has 3 heterocycles. The van der Waals surface area contributed by atoms with E-state index >= 15 is 0 Å². The Hall–Kier alpha value is -0.0800. The molecule has 0 aromatic rings. The van der Waals surface area contributed by atoms with Crippen molar-refractivity contribution < 1.29 is 0 Å². The number of nitrogens with zero attached hydrogens (tertiary/aromatic N) is 1. The van der Waals surface area contributed by atoms with Crippen LogP contribution in [-0.4, -0.2) is 37.1 Å². The van der Waals surface area contributed by atoms with Gasteiger partial charge in [0.25, 0.3) is 0 Å². The second kappa shape index (κ2) is 8.16. The van der Waals surface area contributed by atoms with Crippen molar-refractivity contribution in [3.05, 3.63) is 0 Å². The Morgan fingerprint density at radius 3 is 2.22 bits per heavy atom. The average Bonchev–Trinajstić information content (AvgIpc) is 2.43. The van der Waals surface area contributed by atoms with E-state index in [1.165, 1.54) is 84.0 Å². The normalized spacial score (nSPS) is 30.8. The molecular formula is C16H32N2. The first-order valence-electron chi connectivity index (χ1n) is 8.36. The molecule has 1 unspecified atom stereocenters. The highest BCUT2D eigenvalue weighted by Gasteiger charge is 2.33. The molecule has 0 spiro atoms. The summed E-state index contributed by atoms with van der Waals surface area (Å²) >= 11 is 0. The lowest BCUT2D eigenvalue weighted by atomic mass is 9.84. The molecule has 1 atom stereocenters. The van der Waals surface area contributed by atoms with Gasteiger partial charge in [0.2, 0.25) is 0 Å². The van der Waals surface area contributed by atoms with E-state index < -0.39 is 0 Å². The monoisotopic (exact) mass is 252 g/mol. The molecule has 2 heteroatoms. The van der Waals surface area contributed by atoms with Gasteiger partial charge in [0.05, 0.1) is 0 Å². The van der Waals surface area contributed by atoms with Gasteiger partial charge < -0.3 is 10.2 Å². The summed E-state index contributed by atoms with van der Waals surface area (Å²) in [7, 11) is 0. The molecule has 0 aromatic heterocycles. The molecule has 0 saturated carbocycles. The highest BCUT2D eigenvalue weighted by Crippen LogP contribution is 2.27. The molecule has 0 radical (unpaired) electrons. The first kappa shape index (κ1) is 14.3. The van der Waals surface area contributed by atoms with Crippen molar-refractivity contribution in [2.45, 2.75) is 70.8 Å². The molecule has 18 heavy (non-hydrogen) atoms. The van der Waals surface area contributed by atoms with E-state index in [0.717, 1.165) is 12.0 Å². The SMILES string of the molecule is CCCCCCCCCNC1CN2CCC1CC2. The first-order valence-corrected chi connectivity index (χ1v) is 8.36. The second-order valence-electron chi connectivity index (χ2n) is 6.32. The van der Waals surface area contributed by atoms with Gasteiger partial charge in [-0.15, -0.1) is 0 Å². The number of piperidine rings is 3. The lowest BCUT2D eigenvalue weighted by Crippen LogP contribution is -2.56. The molecule has 106 valence electrons. The maximum Gasteiger partial charge on any atom is 0.0224 e. The molecule has 0 aliphatic carbocycles. The van der Waals surface area contributed by atoms with Gasteiger partial charge >= 0.3 is 0 Å². The van der Waals surface area contributed by atoms with Crippen LogP contribution in [0.25, 0.3) is 0 Å². The van der Waals surface area contributed by atoms with E-state index in [9.17, 15) is 0 Å². The molecular weight excluding hydrogens is 220 g/mol. The first-order chi connectivity index (χ1) is 8.90. The molecule has 3 fully saturated rings. The standard InChI is InChI=1S/C16H32N2/c1-2-3-4-5-6-7-8-11-17-16-14-18-12-9-15(16)10-13-18/h15-17H,2-14H2,1H3. The maximum absolute atomic E-state index is 3.81. The van der Waals surface area contributed by atoms with E-state index in [-0.39, 0.29) is 0 Å². The van der Waals surface area contributed by atoms with Gasteiger partial charge in [-0.05, 0) is 44.8 Å². The van der Waals surface area contributed by atoms with Gasteiger partial charge in [-0.3, -0.25) is 0 Å². The van der Waals surface area contributed by atoms with Gasteiger partial charge in [0.1, 0.15) is 0 Å². The summed E-state index contributed by atoms with van der Waals surface area (Å²) in [5, 5.41) is 3.81. The molecule has 0 amide bonds. The summed E-state index contributed by atoms with van der Waals surface area (Å²) in [6, 6.07) is 0.813. The van der Waals surface area contributed by atoms with Crippen molar-refractivity contribution in [2.75, 3.05) is 26.2 Å². The molecule has 1 N–H and O–H groups in total. The minimum Gasteiger partial charge on any atom is -0.312 e. The largest absolute Gasteiger partial charge is 0.312 e. The topological polar surface area (TPSA) is 15.3 Å². The van der Waals surface area contributed by atoms with Crippen molar-refractivity contribution in [3.63, 3.8) is 0 Å². The van der Waals surface area contributed by atoms with E-state index in [0.29, 0.717) is 0 Å². The summed E-state index contributed by atoms with van der Waals surface area (Å²) in [6.45, 7) is 7.59. The Labute approximate surface area is 114 Å². The zero-order valence-electron chi connectivity index (χ0n) is 12.3. The van der Waals surface area contributed by atoms with Crippen molar-refractivity contribution in [1.29, 1.82) is 0 Å². The summed E-state index contributed by atoms with van der Waals surface area (Å²) in [6.07, 6.45) is 12.8. The highest BCUT2D eigenvalue weighted by atomic mass is 15.2. The van der Waals surface area contributed by atoms with Crippen molar-refractivity contribution in [2.24, 2.45) is 5.92 Å². The van der Waals surface area contributed by atoms with Gasteiger partial charge in [-0.25, -0.2) is 0 Å². The summed E-state index contributed by atoms with van der Waals surface area (Å²) in [4.78, 5) is 2.64. The highest BCUT2D eigenvalue weighted by molar-refractivity contribution is 4.90. The third kappa shape index (κ3) is 4.55. The molecule has 2 nitrogen and oxygen atoms in total. The summed E-state index contributed by atoms with van der Waals surface area (Å²) in [5.74, 6) is 0.986. The molecule has 3 saturated heterocycles. The van der Waals surface area contributed by atoms with Crippen LogP contribution in [0.15, 0.2) is 0 Å². The fraction of sp³-hybridized carbons (Fsp3) is 1.00. The Bertz CT molecular complexity index is 209. The number of hydrogen-bond acceptors (Lipinski definition) is 2. The van der Waals surface area contributed by atoms with Crippen LogP contribution in [0.5, 0.6) is 0 Å². The Morgan fingerprint density at radius 1 is 0.944 bits per heavy atom. The van der Waals surface area contributed by atoms with Crippen LogP contribution in [0.3, 0.4) is 0 Å². The zero-order chi connectivity index (χ0) is 12.6. The Balaban J connectivity index is 1.44. The average molecular weight is 252 g/mol. The minimum atomic E-state index is 0.813. The number of hydrogen-bond donors (Lipinski definition) is 1. The molecule has 0 aromatic carbocycles.